The molecule has 0 aliphatic rings. The lowest BCUT2D eigenvalue weighted by Gasteiger charge is -2.20. The lowest BCUT2D eigenvalue weighted by atomic mass is 9.86. The normalized spacial score (nSPS) is 12.1. The molecule has 4 aromatic carbocycles. The van der Waals surface area contributed by atoms with E-state index in [-0.39, 0.29) is 23.1 Å². The van der Waals surface area contributed by atoms with E-state index < -0.39 is 17.9 Å². The minimum Gasteiger partial charge on any atom is -0.507 e. The highest BCUT2D eigenvalue weighted by molar-refractivity contribution is 5.98. The fourth-order valence-electron chi connectivity index (χ4n) is 4.26. The standard InChI is InChI=1S/C32H31NO4/c1-32(2,3)26-16-13-23(14-17-26)25-15-18-29(34)27(19-25)31(37)33-28(20-30(35)36)24-11-9-22(10-12-24)21-7-5-4-6-8-21/h4-19,28,34H,20H2,1-3H3,(H,33,37)(H,35,36). The van der Waals surface area contributed by atoms with Crippen molar-refractivity contribution < 1.29 is 19.8 Å². The second-order valence-corrected chi connectivity index (χ2v) is 10.2. The van der Waals surface area contributed by atoms with Crippen molar-refractivity contribution in [2.45, 2.75) is 38.6 Å². The first-order valence-electron chi connectivity index (χ1n) is 12.2. The van der Waals surface area contributed by atoms with E-state index in [0.717, 1.165) is 22.3 Å². The van der Waals surface area contributed by atoms with Gasteiger partial charge in [-0.2, -0.15) is 0 Å². The Morgan fingerprint density at radius 3 is 1.89 bits per heavy atom. The number of rotatable bonds is 7. The molecule has 37 heavy (non-hydrogen) atoms. The van der Waals surface area contributed by atoms with Gasteiger partial charge in [0.05, 0.1) is 18.0 Å². The summed E-state index contributed by atoms with van der Waals surface area (Å²) >= 11 is 0. The molecule has 1 unspecified atom stereocenters. The molecule has 0 fully saturated rings. The number of hydrogen-bond donors (Lipinski definition) is 3. The van der Waals surface area contributed by atoms with Gasteiger partial charge < -0.3 is 15.5 Å². The van der Waals surface area contributed by atoms with Crippen molar-refractivity contribution >= 4 is 11.9 Å². The molecule has 0 spiro atoms. The predicted molar refractivity (Wildman–Crippen MR) is 147 cm³/mol. The molecule has 3 N–H and O–H groups in total. The quantitative estimate of drug-likeness (QED) is 0.259. The number of amides is 1. The van der Waals surface area contributed by atoms with Crippen LogP contribution in [0.15, 0.2) is 97.1 Å². The van der Waals surface area contributed by atoms with Crippen LogP contribution in [0.3, 0.4) is 0 Å². The third kappa shape index (κ3) is 6.25. The predicted octanol–water partition coefficient (Wildman–Crippen LogP) is 6.97. The number of carboxylic acids is 1. The average molecular weight is 494 g/mol. The molecule has 1 atom stereocenters. The molecule has 4 aromatic rings. The van der Waals surface area contributed by atoms with Gasteiger partial charge in [-0.05, 0) is 50.9 Å². The van der Waals surface area contributed by atoms with Crippen molar-refractivity contribution in [1.82, 2.24) is 5.32 Å². The minimum atomic E-state index is -1.03. The van der Waals surface area contributed by atoms with Gasteiger partial charge in [-0.15, -0.1) is 0 Å². The fraction of sp³-hybridized carbons (Fsp3) is 0.188. The van der Waals surface area contributed by atoms with Gasteiger partial charge in [0.2, 0.25) is 0 Å². The summed E-state index contributed by atoms with van der Waals surface area (Å²) in [5.41, 5.74) is 5.72. The molecule has 5 nitrogen and oxygen atoms in total. The molecule has 0 aliphatic carbocycles. The molecular weight excluding hydrogens is 462 g/mol. The molecule has 0 saturated carbocycles. The van der Waals surface area contributed by atoms with E-state index in [4.69, 9.17) is 0 Å². The van der Waals surface area contributed by atoms with Crippen LogP contribution in [0.2, 0.25) is 0 Å². The van der Waals surface area contributed by atoms with Crippen LogP contribution in [0.25, 0.3) is 22.3 Å². The maximum absolute atomic E-state index is 13.2. The van der Waals surface area contributed by atoms with Crippen molar-refractivity contribution in [3.05, 3.63) is 114 Å². The zero-order valence-corrected chi connectivity index (χ0v) is 21.2. The Hall–Kier alpha value is -4.38. The number of phenolic OH excluding ortho intramolecular Hbond substituents is 1. The summed E-state index contributed by atoms with van der Waals surface area (Å²) in [7, 11) is 0. The average Bonchev–Trinajstić information content (AvgIpc) is 2.88. The molecular formula is C32H31NO4. The smallest absolute Gasteiger partial charge is 0.305 e. The largest absolute Gasteiger partial charge is 0.507 e. The minimum absolute atomic E-state index is 0.0248. The second kappa shape index (κ2) is 10.7. The summed E-state index contributed by atoms with van der Waals surface area (Å²) in [6.45, 7) is 6.44. The van der Waals surface area contributed by atoms with Crippen molar-refractivity contribution in [2.24, 2.45) is 0 Å². The van der Waals surface area contributed by atoms with Gasteiger partial charge in [-0.25, -0.2) is 0 Å². The van der Waals surface area contributed by atoms with Crippen molar-refractivity contribution in [3.63, 3.8) is 0 Å². The molecule has 0 saturated heterocycles. The first-order chi connectivity index (χ1) is 17.6. The summed E-state index contributed by atoms with van der Waals surface area (Å²) in [6.07, 6.45) is -0.287. The van der Waals surface area contributed by atoms with Gasteiger partial charge in [-0.1, -0.05) is 106 Å². The third-order valence-electron chi connectivity index (χ3n) is 6.43. The van der Waals surface area contributed by atoms with Gasteiger partial charge in [-0.3, -0.25) is 9.59 Å². The van der Waals surface area contributed by atoms with Crippen molar-refractivity contribution in [3.8, 4) is 28.0 Å². The molecule has 0 aliphatic heterocycles. The highest BCUT2D eigenvalue weighted by Gasteiger charge is 2.21. The van der Waals surface area contributed by atoms with E-state index in [9.17, 15) is 19.8 Å². The van der Waals surface area contributed by atoms with Crippen LogP contribution in [0.1, 0.15) is 54.7 Å². The van der Waals surface area contributed by atoms with E-state index in [0.29, 0.717) is 5.56 Å². The summed E-state index contributed by atoms with van der Waals surface area (Å²) in [5.74, 6) is -1.74. The number of hydrogen-bond acceptors (Lipinski definition) is 3. The number of carbonyl (C=O) groups excluding carboxylic acids is 1. The summed E-state index contributed by atoms with van der Waals surface area (Å²) < 4.78 is 0. The molecule has 0 heterocycles. The van der Waals surface area contributed by atoms with Gasteiger partial charge in [0.15, 0.2) is 0 Å². The molecule has 5 heteroatoms. The number of aromatic hydroxyl groups is 1. The SMILES string of the molecule is CC(C)(C)c1ccc(-c2ccc(O)c(C(=O)NC(CC(=O)O)c3ccc(-c4ccccc4)cc3)c2)cc1. The Labute approximate surface area is 217 Å². The van der Waals surface area contributed by atoms with Crippen LogP contribution in [0.5, 0.6) is 5.75 Å². The van der Waals surface area contributed by atoms with Crippen LogP contribution in [-0.4, -0.2) is 22.1 Å². The van der Waals surface area contributed by atoms with Gasteiger partial charge in [0.25, 0.3) is 5.91 Å². The van der Waals surface area contributed by atoms with Gasteiger partial charge in [0.1, 0.15) is 5.75 Å². The first kappa shape index (κ1) is 25.7. The molecule has 0 radical (unpaired) electrons. The Morgan fingerprint density at radius 1 is 0.757 bits per heavy atom. The lowest BCUT2D eigenvalue weighted by molar-refractivity contribution is -0.137. The Bertz CT molecular complexity index is 1390. The van der Waals surface area contributed by atoms with E-state index in [1.807, 2.05) is 66.7 Å². The van der Waals surface area contributed by atoms with Gasteiger partial charge in [0, 0.05) is 0 Å². The Kier molecular flexibility index (Phi) is 7.44. The van der Waals surface area contributed by atoms with Crippen LogP contribution in [-0.2, 0) is 10.2 Å². The third-order valence-corrected chi connectivity index (χ3v) is 6.43. The van der Waals surface area contributed by atoms with Crippen LogP contribution in [0.4, 0.5) is 0 Å². The van der Waals surface area contributed by atoms with Crippen molar-refractivity contribution in [2.75, 3.05) is 0 Å². The topological polar surface area (TPSA) is 86.6 Å². The van der Waals surface area contributed by atoms with E-state index in [1.54, 1.807) is 12.1 Å². The van der Waals surface area contributed by atoms with Crippen LogP contribution in [0, 0.1) is 0 Å². The Morgan fingerprint density at radius 2 is 1.30 bits per heavy atom. The summed E-state index contributed by atoms with van der Waals surface area (Å²) in [6, 6.07) is 29.5. The number of aliphatic carboxylic acids is 1. The van der Waals surface area contributed by atoms with E-state index >= 15 is 0 Å². The highest BCUT2D eigenvalue weighted by atomic mass is 16.4. The van der Waals surface area contributed by atoms with Crippen LogP contribution < -0.4 is 5.32 Å². The lowest BCUT2D eigenvalue weighted by Crippen LogP contribution is -2.30. The summed E-state index contributed by atoms with van der Waals surface area (Å²) in [4.78, 5) is 24.8. The molecule has 4 rings (SSSR count). The Balaban J connectivity index is 1.58. The number of carboxylic acid groups (broad SMARTS) is 1. The van der Waals surface area contributed by atoms with Gasteiger partial charge >= 0.3 is 5.97 Å². The number of phenols is 1. The molecule has 0 aromatic heterocycles. The van der Waals surface area contributed by atoms with Crippen molar-refractivity contribution in [1.29, 1.82) is 0 Å². The van der Waals surface area contributed by atoms with E-state index in [2.05, 4.69) is 38.2 Å². The van der Waals surface area contributed by atoms with E-state index in [1.165, 1.54) is 11.6 Å². The number of benzene rings is 4. The zero-order chi connectivity index (χ0) is 26.6. The molecule has 1 amide bonds. The fourth-order valence-corrected chi connectivity index (χ4v) is 4.26. The maximum atomic E-state index is 13.2. The second-order valence-electron chi connectivity index (χ2n) is 10.2. The first-order valence-corrected chi connectivity index (χ1v) is 12.2. The molecule has 188 valence electrons. The zero-order valence-electron chi connectivity index (χ0n) is 21.2. The maximum Gasteiger partial charge on any atom is 0.305 e. The number of carbonyl (C=O) groups is 2. The number of nitrogens with one attached hydrogen (secondary N) is 1. The van der Waals surface area contributed by atoms with Crippen LogP contribution >= 0.6 is 0 Å². The highest BCUT2D eigenvalue weighted by Crippen LogP contribution is 2.30. The molecule has 0 bridgehead atoms. The monoisotopic (exact) mass is 493 g/mol. The summed E-state index contributed by atoms with van der Waals surface area (Å²) in [5, 5.41) is 22.8.